The smallest absolute Gasteiger partial charge is 0.231 e. The van der Waals surface area contributed by atoms with Crippen molar-refractivity contribution >= 4 is 5.78 Å². The normalized spacial score (nSPS) is 19.6. The third-order valence-electron chi connectivity index (χ3n) is 3.53. The minimum Gasteiger partial charge on any atom is -0.454 e. The van der Waals surface area contributed by atoms with Crippen molar-refractivity contribution in [3.63, 3.8) is 0 Å². The third kappa shape index (κ3) is 1.24. The van der Waals surface area contributed by atoms with Crippen molar-refractivity contribution < 1.29 is 14.3 Å². The number of carbonyl (C=O) groups is 1. The first-order valence-corrected chi connectivity index (χ1v) is 5.70. The summed E-state index contributed by atoms with van der Waals surface area (Å²) < 4.78 is 10.6. The van der Waals surface area contributed by atoms with Gasteiger partial charge in [0.2, 0.25) is 6.79 Å². The van der Waals surface area contributed by atoms with Gasteiger partial charge in [-0.3, -0.25) is 4.79 Å². The lowest BCUT2D eigenvalue weighted by Gasteiger charge is -2.13. The number of rotatable bonds is 3. The molecule has 1 aromatic carbocycles. The second kappa shape index (κ2) is 3.24. The van der Waals surface area contributed by atoms with Crippen LogP contribution in [0.15, 0.2) is 18.2 Å². The quantitative estimate of drug-likeness (QED) is 0.781. The lowest BCUT2D eigenvalue weighted by atomic mass is 9.90. The molecule has 1 saturated carbocycles. The number of ketones is 1. The van der Waals surface area contributed by atoms with E-state index in [2.05, 4.69) is 0 Å². The maximum atomic E-state index is 11.9. The van der Waals surface area contributed by atoms with Gasteiger partial charge < -0.3 is 9.47 Å². The van der Waals surface area contributed by atoms with Crippen molar-refractivity contribution in [2.45, 2.75) is 31.6 Å². The summed E-state index contributed by atoms with van der Waals surface area (Å²) in [6, 6.07) is 5.86. The lowest BCUT2D eigenvalue weighted by Crippen LogP contribution is -2.19. The zero-order valence-electron chi connectivity index (χ0n) is 9.29. The van der Waals surface area contributed by atoms with Gasteiger partial charge in [0.1, 0.15) is 5.78 Å². The summed E-state index contributed by atoms with van der Waals surface area (Å²) >= 11 is 0. The molecule has 0 saturated heterocycles. The largest absolute Gasteiger partial charge is 0.454 e. The zero-order valence-corrected chi connectivity index (χ0v) is 9.29. The third-order valence-corrected chi connectivity index (χ3v) is 3.53. The van der Waals surface area contributed by atoms with Crippen LogP contribution in [-0.4, -0.2) is 12.6 Å². The van der Waals surface area contributed by atoms with E-state index in [4.69, 9.17) is 9.47 Å². The fourth-order valence-corrected chi connectivity index (χ4v) is 2.39. The van der Waals surface area contributed by atoms with Crippen LogP contribution in [-0.2, 0) is 10.2 Å². The molecule has 1 aliphatic carbocycles. The highest BCUT2D eigenvalue weighted by Crippen LogP contribution is 2.51. The topological polar surface area (TPSA) is 35.5 Å². The highest BCUT2D eigenvalue weighted by molar-refractivity contribution is 5.93. The predicted octanol–water partition coefficient (Wildman–Crippen LogP) is 2.43. The SMILES string of the molecule is CCC(=O)C1(c2ccc3c(c2)OCO3)CC1. The molecule has 0 amide bonds. The van der Waals surface area contributed by atoms with Gasteiger partial charge in [0, 0.05) is 6.42 Å². The first-order chi connectivity index (χ1) is 7.76. The van der Waals surface area contributed by atoms with Crippen molar-refractivity contribution in [3.8, 4) is 11.5 Å². The van der Waals surface area contributed by atoms with Gasteiger partial charge in [0.25, 0.3) is 0 Å². The van der Waals surface area contributed by atoms with Gasteiger partial charge in [-0.15, -0.1) is 0 Å². The summed E-state index contributed by atoms with van der Waals surface area (Å²) in [6.07, 6.45) is 2.55. The number of fused-ring (bicyclic) bond motifs is 1. The summed E-state index contributed by atoms with van der Waals surface area (Å²) in [7, 11) is 0. The Balaban J connectivity index is 1.99. The Morgan fingerprint density at radius 1 is 1.31 bits per heavy atom. The van der Waals surface area contributed by atoms with E-state index in [0.29, 0.717) is 12.2 Å². The number of benzene rings is 1. The van der Waals surface area contributed by atoms with Crippen molar-refractivity contribution in [2.75, 3.05) is 6.79 Å². The summed E-state index contributed by atoms with van der Waals surface area (Å²) in [5.74, 6) is 1.89. The minimum atomic E-state index is -0.213. The summed E-state index contributed by atoms with van der Waals surface area (Å²) in [6.45, 7) is 2.21. The van der Waals surface area contributed by atoms with E-state index in [-0.39, 0.29) is 12.2 Å². The van der Waals surface area contributed by atoms with Crippen LogP contribution in [0.2, 0.25) is 0 Å². The van der Waals surface area contributed by atoms with Crippen molar-refractivity contribution in [2.24, 2.45) is 0 Å². The van der Waals surface area contributed by atoms with E-state index in [0.717, 1.165) is 29.9 Å². The molecule has 0 unspecified atom stereocenters. The average molecular weight is 218 g/mol. The Labute approximate surface area is 94.4 Å². The minimum absolute atomic E-state index is 0.213. The van der Waals surface area contributed by atoms with Gasteiger partial charge in [0.15, 0.2) is 11.5 Å². The first-order valence-electron chi connectivity index (χ1n) is 5.70. The van der Waals surface area contributed by atoms with Crippen LogP contribution in [0.4, 0.5) is 0 Å². The Hall–Kier alpha value is -1.51. The van der Waals surface area contributed by atoms with Gasteiger partial charge in [-0.1, -0.05) is 13.0 Å². The molecule has 84 valence electrons. The molecule has 2 aliphatic rings. The lowest BCUT2D eigenvalue weighted by molar-refractivity contribution is -0.121. The molecular formula is C13H14O3. The van der Waals surface area contributed by atoms with Gasteiger partial charge in [-0.25, -0.2) is 0 Å². The van der Waals surface area contributed by atoms with Crippen molar-refractivity contribution in [3.05, 3.63) is 23.8 Å². The molecule has 1 aliphatic heterocycles. The molecule has 3 rings (SSSR count). The molecule has 3 nitrogen and oxygen atoms in total. The summed E-state index contributed by atoms with van der Waals surface area (Å²) in [5.41, 5.74) is 0.874. The molecule has 0 atom stereocenters. The first kappa shape index (κ1) is 9.70. The fourth-order valence-electron chi connectivity index (χ4n) is 2.39. The van der Waals surface area contributed by atoms with Crippen LogP contribution in [0, 0.1) is 0 Å². The van der Waals surface area contributed by atoms with Crippen molar-refractivity contribution in [1.29, 1.82) is 0 Å². The second-order valence-corrected chi connectivity index (χ2v) is 4.43. The highest BCUT2D eigenvalue weighted by atomic mass is 16.7. The monoisotopic (exact) mass is 218 g/mol. The molecule has 0 radical (unpaired) electrons. The van der Waals surface area contributed by atoms with Crippen LogP contribution in [0.3, 0.4) is 0 Å². The molecule has 1 aromatic rings. The maximum Gasteiger partial charge on any atom is 0.231 e. The van der Waals surface area contributed by atoms with Crippen molar-refractivity contribution in [1.82, 2.24) is 0 Å². The van der Waals surface area contributed by atoms with E-state index in [1.54, 1.807) is 0 Å². The molecule has 1 fully saturated rings. The standard InChI is InChI=1S/C13H14O3/c1-2-12(14)13(5-6-13)9-3-4-10-11(7-9)16-8-15-10/h3-4,7H,2,5-6,8H2,1H3. The van der Waals surface area contributed by atoms with Crippen LogP contribution in [0.1, 0.15) is 31.7 Å². The van der Waals surface area contributed by atoms with Crippen LogP contribution in [0.5, 0.6) is 11.5 Å². The summed E-state index contributed by atoms with van der Waals surface area (Å²) in [5, 5.41) is 0. The number of hydrogen-bond acceptors (Lipinski definition) is 3. The Morgan fingerprint density at radius 2 is 2.06 bits per heavy atom. The predicted molar refractivity (Wildman–Crippen MR) is 58.8 cm³/mol. The average Bonchev–Trinajstić information content (AvgIpc) is 3.00. The van der Waals surface area contributed by atoms with Gasteiger partial charge >= 0.3 is 0 Å². The van der Waals surface area contributed by atoms with E-state index in [1.165, 1.54) is 0 Å². The molecule has 0 aromatic heterocycles. The van der Waals surface area contributed by atoms with E-state index in [1.807, 2.05) is 25.1 Å². The molecule has 0 bridgehead atoms. The Kier molecular flexibility index (Phi) is 1.96. The number of hydrogen-bond donors (Lipinski definition) is 0. The molecular weight excluding hydrogens is 204 g/mol. The zero-order chi connectivity index (χ0) is 11.2. The van der Waals surface area contributed by atoms with Crippen LogP contribution in [0.25, 0.3) is 0 Å². The van der Waals surface area contributed by atoms with Crippen LogP contribution >= 0.6 is 0 Å². The second-order valence-electron chi connectivity index (χ2n) is 4.43. The van der Waals surface area contributed by atoms with E-state index < -0.39 is 0 Å². The van der Waals surface area contributed by atoms with Gasteiger partial charge in [0.05, 0.1) is 5.41 Å². The number of ether oxygens (including phenoxy) is 2. The number of Topliss-reactive ketones (excluding diaryl/α,β-unsaturated/α-hetero) is 1. The molecule has 0 N–H and O–H groups in total. The molecule has 0 spiro atoms. The molecule has 1 heterocycles. The van der Waals surface area contributed by atoms with E-state index in [9.17, 15) is 4.79 Å². The highest BCUT2D eigenvalue weighted by Gasteiger charge is 2.50. The van der Waals surface area contributed by atoms with Gasteiger partial charge in [-0.05, 0) is 30.5 Å². The van der Waals surface area contributed by atoms with Gasteiger partial charge in [-0.2, -0.15) is 0 Å². The maximum absolute atomic E-state index is 11.9. The summed E-state index contributed by atoms with van der Waals surface area (Å²) in [4.78, 5) is 11.9. The number of carbonyl (C=O) groups excluding carboxylic acids is 1. The Bertz CT molecular complexity index is 446. The van der Waals surface area contributed by atoms with Crippen LogP contribution < -0.4 is 9.47 Å². The van der Waals surface area contributed by atoms with E-state index >= 15 is 0 Å². The Morgan fingerprint density at radius 3 is 2.75 bits per heavy atom. The molecule has 16 heavy (non-hydrogen) atoms. The molecule has 3 heteroatoms. The fraction of sp³-hybridized carbons (Fsp3) is 0.462.